The van der Waals surface area contributed by atoms with E-state index in [4.69, 9.17) is 9.47 Å². The first-order chi connectivity index (χ1) is 10.2. The topological polar surface area (TPSA) is 30.5 Å². The number of hydrogen-bond donors (Lipinski definition) is 1. The molecule has 0 fully saturated rings. The van der Waals surface area contributed by atoms with E-state index in [1.807, 2.05) is 18.2 Å². The molecule has 2 rings (SSSR count). The van der Waals surface area contributed by atoms with Crippen LogP contribution in [0.25, 0.3) is 0 Å². The average molecular weight is 285 g/mol. The number of rotatable bonds is 6. The van der Waals surface area contributed by atoms with Crippen molar-refractivity contribution >= 4 is 0 Å². The highest BCUT2D eigenvalue weighted by Crippen LogP contribution is 2.27. The maximum Gasteiger partial charge on any atom is 0.121 e. The molecule has 2 aromatic carbocycles. The molecule has 0 aromatic heterocycles. The first-order valence-electron chi connectivity index (χ1n) is 7.21. The highest BCUT2D eigenvalue weighted by molar-refractivity contribution is 5.41. The Balaban J connectivity index is 2.35. The van der Waals surface area contributed by atoms with Crippen molar-refractivity contribution in [3.05, 3.63) is 59.2 Å². The number of ether oxygens (including phenoxy) is 2. The number of aryl methyl sites for hydroxylation is 1. The molecule has 1 atom stereocenters. The minimum absolute atomic E-state index is 0.172. The molecule has 0 aliphatic carbocycles. The third kappa shape index (κ3) is 3.56. The standard InChI is InChI=1S/C18H23NO2/c1-5-19-18(14-6-9-16(20-3)10-7-14)15-8-11-17(21-4)13(2)12-15/h6-12,18-19H,5H2,1-4H3. The first-order valence-corrected chi connectivity index (χ1v) is 7.21. The van der Waals surface area contributed by atoms with Gasteiger partial charge in [0.25, 0.3) is 0 Å². The molecule has 0 radical (unpaired) electrons. The Morgan fingerprint density at radius 1 is 0.952 bits per heavy atom. The highest BCUT2D eigenvalue weighted by atomic mass is 16.5. The van der Waals surface area contributed by atoms with Crippen LogP contribution in [0.5, 0.6) is 11.5 Å². The maximum absolute atomic E-state index is 5.34. The summed E-state index contributed by atoms with van der Waals surface area (Å²) in [7, 11) is 3.39. The normalized spacial score (nSPS) is 12.0. The van der Waals surface area contributed by atoms with Crippen LogP contribution in [0.3, 0.4) is 0 Å². The van der Waals surface area contributed by atoms with Gasteiger partial charge in [0, 0.05) is 0 Å². The van der Waals surface area contributed by atoms with Gasteiger partial charge in [0.15, 0.2) is 0 Å². The zero-order chi connectivity index (χ0) is 15.2. The second-order valence-corrected chi connectivity index (χ2v) is 4.99. The van der Waals surface area contributed by atoms with Gasteiger partial charge in [0.2, 0.25) is 0 Å². The van der Waals surface area contributed by atoms with Crippen molar-refractivity contribution in [2.24, 2.45) is 0 Å². The molecular weight excluding hydrogens is 262 g/mol. The van der Waals surface area contributed by atoms with Crippen LogP contribution >= 0.6 is 0 Å². The molecule has 21 heavy (non-hydrogen) atoms. The molecular formula is C18H23NO2. The molecule has 0 heterocycles. The predicted octanol–water partition coefficient (Wildman–Crippen LogP) is 3.71. The van der Waals surface area contributed by atoms with Crippen LogP contribution in [0.15, 0.2) is 42.5 Å². The van der Waals surface area contributed by atoms with Crippen LogP contribution in [0.4, 0.5) is 0 Å². The second-order valence-electron chi connectivity index (χ2n) is 4.99. The Kier molecular flexibility index (Phi) is 5.23. The Morgan fingerprint density at radius 3 is 2.14 bits per heavy atom. The second kappa shape index (κ2) is 7.14. The van der Waals surface area contributed by atoms with E-state index in [0.29, 0.717) is 0 Å². The smallest absolute Gasteiger partial charge is 0.121 e. The zero-order valence-corrected chi connectivity index (χ0v) is 13.1. The number of nitrogens with one attached hydrogen (secondary N) is 1. The van der Waals surface area contributed by atoms with Crippen molar-refractivity contribution in [3.8, 4) is 11.5 Å². The van der Waals surface area contributed by atoms with E-state index in [0.717, 1.165) is 23.6 Å². The van der Waals surface area contributed by atoms with Gasteiger partial charge in [-0.25, -0.2) is 0 Å². The molecule has 0 saturated heterocycles. The molecule has 3 heteroatoms. The molecule has 0 spiro atoms. The minimum atomic E-state index is 0.172. The fourth-order valence-corrected chi connectivity index (χ4v) is 2.51. The summed E-state index contributed by atoms with van der Waals surface area (Å²) in [6.45, 7) is 5.09. The number of methoxy groups -OCH3 is 2. The van der Waals surface area contributed by atoms with Crippen LogP contribution < -0.4 is 14.8 Å². The Labute approximate surface area is 126 Å². The molecule has 1 N–H and O–H groups in total. The fourth-order valence-electron chi connectivity index (χ4n) is 2.51. The SMILES string of the molecule is CCNC(c1ccc(OC)cc1)c1ccc(OC)c(C)c1. The minimum Gasteiger partial charge on any atom is -0.497 e. The van der Waals surface area contributed by atoms with Crippen molar-refractivity contribution in [3.63, 3.8) is 0 Å². The Morgan fingerprint density at radius 2 is 1.62 bits per heavy atom. The highest BCUT2D eigenvalue weighted by Gasteiger charge is 2.14. The van der Waals surface area contributed by atoms with Crippen molar-refractivity contribution in [1.82, 2.24) is 5.32 Å². The van der Waals surface area contributed by atoms with Crippen molar-refractivity contribution in [2.45, 2.75) is 19.9 Å². The largest absolute Gasteiger partial charge is 0.497 e. The lowest BCUT2D eigenvalue weighted by atomic mass is 9.97. The molecule has 2 aromatic rings. The molecule has 112 valence electrons. The van der Waals surface area contributed by atoms with Gasteiger partial charge in [-0.3, -0.25) is 0 Å². The molecule has 0 aliphatic rings. The van der Waals surface area contributed by atoms with E-state index < -0.39 is 0 Å². The van der Waals surface area contributed by atoms with Crippen LogP contribution in [0, 0.1) is 6.92 Å². The van der Waals surface area contributed by atoms with Crippen LogP contribution in [0.1, 0.15) is 29.7 Å². The van der Waals surface area contributed by atoms with Gasteiger partial charge in [-0.2, -0.15) is 0 Å². The van der Waals surface area contributed by atoms with Crippen LogP contribution in [-0.2, 0) is 0 Å². The van der Waals surface area contributed by atoms with E-state index in [1.165, 1.54) is 11.1 Å². The van der Waals surface area contributed by atoms with Gasteiger partial charge in [-0.15, -0.1) is 0 Å². The Bertz CT molecular complexity index is 578. The first kappa shape index (κ1) is 15.4. The monoisotopic (exact) mass is 285 g/mol. The van der Waals surface area contributed by atoms with E-state index in [1.54, 1.807) is 14.2 Å². The average Bonchev–Trinajstić information content (AvgIpc) is 2.52. The molecule has 0 saturated carbocycles. The summed E-state index contributed by atoms with van der Waals surface area (Å²) in [4.78, 5) is 0. The van der Waals surface area contributed by atoms with E-state index in [9.17, 15) is 0 Å². The summed E-state index contributed by atoms with van der Waals surface area (Å²) in [5, 5.41) is 3.54. The third-order valence-corrected chi connectivity index (χ3v) is 3.61. The maximum atomic E-state index is 5.34. The summed E-state index contributed by atoms with van der Waals surface area (Å²) >= 11 is 0. The van der Waals surface area contributed by atoms with E-state index >= 15 is 0 Å². The quantitative estimate of drug-likeness (QED) is 0.877. The number of hydrogen-bond acceptors (Lipinski definition) is 3. The van der Waals surface area contributed by atoms with Gasteiger partial charge in [-0.05, 0) is 48.4 Å². The molecule has 1 unspecified atom stereocenters. The van der Waals surface area contributed by atoms with Gasteiger partial charge in [0.05, 0.1) is 20.3 Å². The van der Waals surface area contributed by atoms with Crippen LogP contribution in [-0.4, -0.2) is 20.8 Å². The summed E-state index contributed by atoms with van der Waals surface area (Å²) < 4.78 is 10.6. The Hall–Kier alpha value is -2.00. The van der Waals surface area contributed by atoms with Crippen molar-refractivity contribution in [1.29, 1.82) is 0 Å². The molecule has 0 bridgehead atoms. The lowest BCUT2D eigenvalue weighted by molar-refractivity contribution is 0.411. The lowest BCUT2D eigenvalue weighted by Crippen LogP contribution is -2.22. The summed E-state index contributed by atoms with van der Waals surface area (Å²) in [5.74, 6) is 1.80. The van der Waals surface area contributed by atoms with E-state index in [2.05, 4.69) is 43.4 Å². The van der Waals surface area contributed by atoms with Gasteiger partial charge in [0.1, 0.15) is 11.5 Å². The third-order valence-electron chi connectivity index (χ3n) is 3.61. The van der Waals surface area contributed by atoms with E-state index in [-0.39, 0.29) is 6.04 Å². The van der Waals surface area contributed by atoms with Gasteiger partial charge >= 0.3 is 0 Å². The molecule has 3 nitrogen and oxygen atoms in total. The molecule has 0 aliphatic heterocycles. The fraction of sp³-hybridized carbons (Fsp3) is 0.333. The summed E-state index contributed by atoms with van der Waals surface area (Å²) in [5.41, 5.74) is 3.61. The lowest BCUT2D eigenvalue weighted by Gasteiger charge is -2.20. The van der Waals surface area contributed by atoms with Gasteiger partial charge in [-0.1, -0.05) is 31.2 Å². The number of benzene rings is 2. The van der Waals surface area contributed by atoms with Gasteiger partial charge < -0.3 is 14.8 Å². The predicted molar refractivity (Wildman–Crippen MR) is 86.2 cm³/mol. The summed E-state index contributed by atoms with van der Waals surface area (Å²) in [6, 6.07) is 14.7. The van der Waals surface area contributed by atoms with Crippen LogP contribution in [0.2, 0.25) is 0 Å². The van der Waals surface area contributed by atoms with Crippen molar-refractivity contribution in [2.75, 3.05) is 20.8 Å². The zero-order valence-electron chi connectivity index (χ0n) is 13.1. The molecule has 0 amide bonds. The summed E-state index contributed by atoms with van der Waals surface area (Å²) in [6.07, 6.45) is 0. The van der Waals surface area contributed by atoms with Crippen molar-refractivity contribution < 1.29 is 9.47 Å².